The van der Waals surface area contributed by atoms with Crippen molar-refractivity contribution in [2.45, 2.75) is 37.4 Å². The molecule has 1 heterocycles. The molecule has 2 rings (SSSR count). The maximum Gasteiger partial charge on any atom is 0.138 e. The molecule has 0 saturated heterocycles. The van der Waals surface area contributed by atoms with E-state index in [-0.39, 0.29) is 15.9 Å². The minimum Gasteiger partial charge on any atom is -0.325 e. The molecule has 0 amide bonds. The van der Waals surface area contributed by atoms with E-state index in [1.165, 1.54) is 0 Å². The number of thioether (sulfide) groups is 1. The van der Waals surface area contributed by atoms with E-state index in [0.29, 0.717) is 3.57 Å². The van der Waals surface area contributed by atoms with Gasteiger partial charge in [-0.25, -0.2) is 9.37 Å². The highest BCUT2D eigenvalue weighted by molar-refractivity contribution is 14.1. The fourth-order valence-electron chi connectivity index (χ4n) is 2.05. The highest BCUT2D eigenvalue weighted by Gasteiger charge is 2.23. The molecule has 0 N–H and O–H groups in total. The number of hydrogen-bond donors (Lipinski definition) is 0. The number of benzene rings is 1. The van der Waals surface area contributed by atoms with Crippen LogP contribution in [0.3, 0.4) is 0 Å². The van der Waals surface area contributed by atoms with Crippen molar-refractivity contribution in [1.82, 2.24) is 9.55 Å². The average Bonchev–Trinajstić information content (AvgIpc) is 2.68. The van der Waals surface area contributed by atoms with E-state index < -0.39 is 0 Å². The number of alkyl halides is 1. The highest BCUT2D eigenvalue weighted by Crippen LogP contribution is 2.31. The Morgan fingerprint density at radius 1 is 1.50 bits per heavy atom. The quantitative estimate of drug-likeness (QED) is 0.493. The summed E-state index contributed by atoms with van der Waals surface area (Å²) in [5.74, 6) is 0.583. The zero-order chi connectivity index (χ0) is 15.1. The fourth-order valence-corrected chi connectivity index (χ4v) is 2.93. The number of aromatic nitrogens is 2. The van der Waals surface area contributed by atoms with Crippen LogP contribution in [0, 0.1) is 9.39 Å². The summed E-state index contributed by atoms with van der Waals surface area (Å²) < 4.78 is 16.5. The summed E-state index contributed by atoms with van der Waals surface area (Å²) >= 11 is 10.0. The standard InChI is InChI=1S/C14H17ClFIN2S/c1-8(15)13-18-11-6-10(17)9(16)5-12(11)19(13)7-14(2,3)20-4/h5-6,8H,7H2,1-4H3. The largest absolute Gasteiger partial charge is 0.325 e. The number of nitrogens with zero attached hydrogens (tertiary/aromatic N) is 2. The van der Waals surface area contributed by atoms with E-state index in [1.807, 2.05) is 34.1 Å². The summed E-state index contributed by atoms with van der Waals surface area (Å²) in [5, 5.41) is -0.208. The molecule has 0 bridgehead atoms. The predicted octanol–water partition coefficient (Wildman–Crippen LogP) is 5.22. The Hall–Kier alpha value is -0.0100. The second kappa shape index (κ2) is 6.01. The van der Waals surface area contributed by atoms with Crippen molar-refractivity contribution >= 4 is 57.0 Å². The van der Waals surface area contributed by atoms with Gasteiger partial charge < -0.3 is 4.57 Å². The van der Waals surface area contributed by atoms with E-state index in [2.05, 4.69) is 25.1 Å². The molecule has 1 atom stereocenters. The fraction of sp³-hybridized carbons (Fsp3) is 0.500. The topological polar surface area (TPSA) is 17.8 Å². The maximum absolute atomic E-state index is 13.9. The Morgan fingerprint density at radius 2 is 2.15 bits per heavy atom. The van der Waals surface area contributed by atoms with Crippen LogP contribution in [0.2, 0.25) is 0 Å². The molecule has 0 radical (unpaired) electrons. The van der Waals surface area contributed by atoms with E-state index >= 15 is 0 Å². The molecule has 0 spiro atoms. The Morgan fingerprint density at radius 3 is 2.70 bits per heavy atom. The molecule has 6 heteroatoms. The van der Waals surface area contributed by atoms with Crippen LogP contribution < -0.4 is 0 Å². The molecule has 0 fully saturated rings. The third-order valence-electron chi connectivity index (χ3n) is 3.27. The van der Waals surface area contributed by atoms with Gasteiger partial charge in [-0.1, -0.05) is 0 Å². The number of rotatable bonds is 4. The van der Waals surface area contributed by atoms with Gasteiger partial charge in [-0.05, 0) is 55.7 Å². The van der Waals surface area contributed by atoms with Gasteiger partial charge in [-0.2, -0.15) is 11.8 Å². The molecule has 110 valence electrons. The number of halogens is 3. The Balaban J connectivity index is 2.65. The zero-order valence-electron chi connectivity index (χ0n) is 11.9. The first-order valence-electron chi connectivity index (χ1n) is 6.29. The van der Waals surface area contributed by atoms with Gasteiger partial charge in [0.1, 0.15) is 11.6 Å². The second-order valence-corrected chi connectivity index (χ2v) is 8.72. The van der Waals surface area contributed by atoms with Crippen LogP contribution in [0.1, 0.15) is 32.0 Å². The van der Waals surface area contributed by atoms with Gasteiger partial charge in [0.25, 0.3) is 0 Å². The predicted molar refractivity (Wildman–Crippen MR) is 94.3 cm³/mol. The molecular formula is C14H17ClFIN2S. The molecule has 20 heavy (non-hydrogen) atoms. The molecular weight excluding hydrogens is 410 g/mol. The third kappa shape index (κ3) is 3.25. The first-order chi connectivity index (χ1) is 9.25. The Bertz CT molecular complexity index is 640. The van der Waals surface area contributed by atoms with Gasteiger partial charge in [-0.3, -0.25) is 0 Å². The van der Waals surface area contributed by atoms with Crippen molar-refractivity contribution in [2.24, 2.45) is 0 Å². The summed E-state index contributed by atoms with van der Waals surface area (Å²) in [5.41, 5.74) is 1.61. The SMILES string of the molecule is CSC(C)(C)Cn1c(C(C)Cl)nc2cc(I)c(F)cc21. The summed E-state index contributed by atoms with van der Waals surface area (Å²) in [6.07, 6.45) is 2.08. The summed E-state index contributed by atoms with van der Waals surface area (Å²) in [6, 6.07) is 3.33. The van der Waals surface area contributed by atoms with Crippen LogP contribution in [-0.2, 0) is 6.54 Å². The summed E-state index contributed by atoms with van der Waals surface area (Å²) in [6.45, 7) is 6.97. The molecule has 2 nitrogen and oxygen atoms in total. The number of fused-ring (bicyclic) bond motifs is 1. The maximum atomic E-state index is 13.9. The smallest absolute Gasteiger partial charge is 0.138 e. The van der Waals surface area contributed by atoms with E-state index in [1.54, 1.807) is 23.9 Å². The Kier molecular flexibility index (Phi) is 4.91. The molecule has 1 aromatic heterocycles. The van der Waals surface area contributed by atoms with Gasteiger partial charge >= 0.3 is 0 Å². The lowest BCUT2D eigenvalue weighted by Crippen LogP contribution is -2.24. The first-order valence-corrected chi connectivity index (χ1v) is 9.03. The molecule has 1 aromatic carbocycles. The van der Waals surface area contributed by atoms with E-state index in [4.69, 9.17) is 11.6 Å². The lowest BCUT2D eigenvalue weighted by Gasteiger charge is -2.24. The molecule has 0 aliphatic rings. The average molecular weight is 427 g/mol. The Labute approximate surface area is 141 Å². The van der Waals surface area contributed by atoms with Crippen molar-refractivity contribution in [3.05, 3.63) is 27.3 Å². The minimum absolute atomic E-state index is 0.0353. The van der Waals surface area contributed by atoms with Crippen molar-refractivity contribution in [1.29, 1.82) is 0 Å². The van der Waals surface area contributed by atoms with Crippen LogP contribution in [0.5, 0.6) is 0 Å². The first kappa shape index (κ1) is 16.4. The third-order valence-corrected chi connectivity index (χ3v) is 5.52. The van der Waals surface area contributed by atoms with Crippen LogP contribution in [-0.4, -0.2) is 20.6 Å². The van der Waals surface area contributed by atoms with Crippen LogP contribution in [0.4, 0.5) is 4.39 Å². The zero-order valence-corrected chi connectivity index (χ0v) is 15.6. The van der Waals surface area contributed by atoms with Crippen LogP contribution in [0.15, 0.2) is 12.1 Å². The molecule has 0 aliphatic heterocycles. The second-order valence-electron chi connectivity index (χ2n) is 5.39. The lowest BCUT2D eigenvalue weighted by molar-refractivity contribution is 0.557. The number of hydrogen-bond acceptors (Lipinski definition) is 2. The molecule has 2 aromatic rings. The highest BCUT2D eigenvalue weighted by atomic mass is 127. The summed E-state index contributed by atoms with van der Waals surface area (Å²) in [4.78, 5) is 4.58. The van der Waals surface area contributed by atoms with Gasteiger partial charge in [0.15, 0.2) is 0 Å². The monoisotopic (exact) mass is 426 g/mol. The van der Waals surface area contributed by atoms with Crippen molar-refractivity contribution < 1.29 is 4.39 Å². The van der Waals surface area contributed by atoms with Crippen molar-refractivity contribution in [2.75, 3.05) is 6.26 Å². The lowest BCUT2D eigenvalue weighted by atomic mass is 10.2. The minimum atomic E-state index is -0.213. The molecule has 0 aliphatic carbocycles. The summed E-state index contributed by atoms with van der Waals surface area (Å²) in [7, 11) is 0. The van der Waals surface area contributed by atoms with Gasteiger partial charge in [0.05, 0.1) is 20.0 Å². The normalized spacial score (nSPS) is 13.9. The van der Waals surface area contributed by atoms with E-state index in [0.717, 1.165) is 23.4 Å². The number of imidazole rings is 1. The van der Waals surface area contributed by atoms with Gasteiger partial charge in [-0.15, -0.1) is 11.6 Å². The van der Waals surface area contributed by atoms with Gasteiger partial charge in [0, 0.05) is 17.4 Å². The van der Waals surface area contributed by atoms with Crippen molar-refractivity contribution in [3.63, 3.8) is 0 Å². The van der Waals surface area contributed by atoms with Crippen LogP contribution in [0.25, 0.3) is 11.0 Å². The molecule has 0 saturated carbocycles. The molecule has 1 unspecified atom stereocenters. The van der Waals surface area contributed by atoms with Crippen LogP contribution >= 0.6 is 46.0 Å². The van der Waals surface area contributed by atoms with E-state index in [9.17, 15) is 4.39 Å². The van der Waals surface area contributed by atoms with Gasteiger partial charge in [0.2, 0.25) is 0 Å². The van der Waals surface area contributed by atoms with Crippen molar-refractivity contribution in [3.8, 4) is 0 Å².